The third-order valence-electron chi connectivity index (χ3n) is 4.36. The predicted molar refractivity (Wildman–Crippen MR) is 99.1 cm³/mol. The molecule has 0 aliphatic carbocycles. The maximum atomic E-state index is 12.6. The maximum absolute atomic E-state index is 12.6. The summed E-state index contributed by atoms with van der Waals surface area (Å²) in [4.78, 5) is 27.7. The van der Waals surface area contributed by atoms with Crippen molar-refractivity contribution in [3.63, 3.8) is 0 Å². The molecular weight excluding hydrogens is 320 g/mol. The number of nitrogens with two attached hydrogens (primary N) is 1. The molecular formula is C18H28N4O3. The van der Waals surface area contributed by atoms with E-state index in [0.717, 1.165) is 25.9 Å². The molecule has 0 bridgehead atoms. The van der Waals surface area contributed by atoms with Crippen LogP contribution in [0.1, 0.15) is 44.0 Å². The fourth-order valence-electron chi connectivity index (χ4n) is 3.18. The second-order valence-corrected chi connectivity index (χ2v) is 7.64. The van der Waals surface area contributed by atoms with E-state index >= 15 is 0 Å². The molecule has 7 heteroatoms. The number of anilines is 2. The van der Waals surface area contributed by atoms with Crippen molar-refractivity contribution in [1.82, 2.24) is 10.2 Å². The zero-order chi connectivity index (χ0) is 18.8. The van der Waals surface area contributed by atoms with Gasteiger partial charge in [-0.2, -0.15) is 0 Å². The van der Waals surface area contributed by atoms with E-state index in [0.29, 0.717) is 16.9 Å². The number of hydrogen-bond acceptors (Lipinski definition) is 4. The van der Waals surface area contributed by atoms with Gasteiger partial charge in [0.2, 0.25) is 0 Å². The Morgan fingerprint density at radius 3 is 2.60 bits per heavy atom. The first-order valence-electron chi connectivity index (χ1n) is 8.51. The smallest absolute Gasteiger partial charge is 0.412 e. The number of nitrogens with zero attached hydrogens (tertiary/aromatic N) is 2. The highest BCUT2D eigenvalue weighted by molar-refractivity contribution is 5.99. The first-order valence-corrected chi connectivity index (χ1v) is 8.51. The van der Waals surface area contributed by atoms with Gasteiger partial charge in [-0.15, -0.1) is 0 Å². The largest absolute Gasteiger partial charge is 0.465 e. The zero-order valence-electron chi connectivity index (χ0n) is 15.4. The predicted octanol–water partition coefficient (Wildman–Crippen LogP) is 2.38. The Hall–Kier alpha value is -2.28. The van der Waals surface area contributed by atoms with Crippen LogP contribution in [0, 0.1) is 0 Å². The van der Waals surface area contributed by atoms with Crippen molar-refractivity contribution in [1.29, 1.82) is 0 Å². The van der Waals surface area contributed by atoms with E-state index in [1.54, 1.807) is 39.0 Å². The second kappa shape index (κ2) is 7.31. The quantitative estimate of drug-likeness (QED) is 0.729. The average molecular weight is 348 g/mol. The number of carbonyl (C=O) groups is 2. The molecule has 1 saturated heterocycles. The van der Waals surface area contributed by atoms with Gasteiger partial charge in [0.05, 0.1) is 11.4 Å². The van der Waals surface area contributed by atoms with Gasteiger partial charge >= 0.3 is 6.09 Å². The topological polar surface area (TPSA) is 98.9 Å². The van der Waals surface area contributed by atoms with Gasteiger partial charge in [0.1, 0.15) is 0 Å². The lowest BCUT2D eigenvalue weighted by atomic mass is 10.0. The molecule has 4 N–H and O–H groups in total. The van der Waals surface area contributed by atoms with Crippen LogP contribution in [0.15, 0.2) is 18.2 Å². The monoisotopic (exact) mass is 348 g/mol. The van der Waals surface area contributed by atoms with Crippen molar-refractivity contribution < 1.29 is 14.7 Å². The molecule has 0 radical (unpaired) electrons. The van der Waals surface area contributed by atoms with Crippen LogP contribution in [-0.2, 0) is 0 Å². The van der Waals surface area contributed by atoms with Gasteiger partial charge in [0.25, 0.3) is 5.91 Å². The summed E-state index contributed by atoms with van der Waals surface area (Å²) in [5, 5.41) is 12.6. The van der Waals surface area contributed by atoms with Crippen LogP contribution in [0.4, 0.5) is 16.2 Å². The van der Waals surface area contributed by atoms with Crippen molar-refractivity contribution in [2.24, 2.45) is 0 Å². The number of likely N-dealkylation sites (N-methyl/N-ethyl adjacent to an activating group) is 1. The number of likely N-dealkylation sites (tertiary alicyclic amines) is 1. The van der Waals surface area contributed by atoms with Crippen LogP contribution in [-0.4, -0.2) is 53.7 Å². The van der Waals surface area contributed by atoms with Gasteiger partial charge in [0, 0.05) is 23.7 Å². The third-order valence-corrected chi connectivity index (χ3v) is 4.36. The van der Waals surface area contributed by atoms with Crippen molar-refractivity contribution >= 4 is 23.4 Å². The highest BCUT2D eigenvalue weighted by Crippen LogP contribution is 2.30. The molecule has 1 unspecified atom stereocenters. The first kappa shape index (κ1) is 19.1. The Morgan fingerprint density at radius 1 is 1.36 bits per heavy atom. The van der Waals surface area contributed by atoms with Gasteiger partial charge in [-0.1, -0.05) is 0 Å². The Balaban J connectivity index is 2.25. The summed E-state index contributed by atoms with van der Waals surface area (Å²) in [6.07, 6.45) is 0.887. The molecule has 0 spiro atoms. The van der Waals surface area contributed by atoms with E-state index < -0.39 is 11.6 Å². The summed E-state index contributed by atoms with van der Waals surface area (Å²) in [5.41, 5.74) is 6.37. The number of piperidine rings is 1. The van der Waals surface area contributed by atoms with E-state index in [1.807, 2.05) is 7.05 Å². The average Bonchev–Trinajstić information content (AvgIpc) is 2.47. The first-order chi connectivity index (χ1) is 11.6. The van der Waals surface area contributed by atoms with E-state index in [2.05, 4.69) is 10.2 Å². The number of nitrogen functional groups attached to an aromatic ring is 1. The molecule has 1 heterocycles. The van der Waals surface area contributed by atoms with Crippen molar-refractivity contribution in [3.05, 3.63) is 23.8 Å². The summed E-state index contributed by atoms with van der Waals surface area (Å²) in [5.74, 6) is -0.208. The van der Waals surface area contributed by atoms with Crippen LogP contribution >= 0.6 is 0 Å². The van der Waals surface area contributed by atoms with Crippen LogP contribution in [0.5, 0.6) is 0 Å². The number of benzene rings is 1. The normalized spacial score (nSPS) is 18.6. The number of amides is 2. The molecule has 0 saturated carbocycles. The second-order valence-electron chi connectivity index (χ2n) is 7.64. The molecule has 1 aliphatic heterocycles. The molecule has 1 atom stereocenters. The number of rotatable bonds is 3. The van der Waals surface area contributed by atoms with Crippen molar-refractivity contribution in [3.8, 4) is 0 Å². The lowest BCUT2D eigenvalue weighted by molar-refractivity contribution is 0.0912. The summed E-state index contributed by atoms with van der Waals surface area (Å²) in [6.45, 7) is 7.20. The Kier molecular flexibility index (Phi) is 5.57. The Labute approximate surface area is 148 Å². The highest BCUT2D eigenvalue weighted by atomic mass is 16.4. The van der Waals surface area contributed by atoms with Crippen LogP contribution in [0.3, 0.4) is 0 Å². The summed E-state index contributed by atoms with van der Waals surface area (Å²) in [6, 6.07) is 4.87. The molecule has 1 aromatic rings. The molecule has 25 heavy (non-hydrogen) atoms. The standard InChI is InChI=1S/C18H28N4O3/c1-18(2,3)22(17(24)25)15-10-12(7-8-14(15)19)16(23)20-13-6-5-9-21(4)11-13/h7-8,10,13H,5-6,9,11,19H2,1-4H3,(H,20,23)(H,24,25). The molecule has 1 fully saturated rings. The fraction of sp³-hybridized carbons (Fsp3) is 0.556. The summed E-state index contributed by atoms with van der Waals surface area (Å²) < 4.78 is 0. The van der Waals surface area contributed by atoms with Gasteiger partial charge in [-0.25, -0.2) is 4.79 Å². The molecule has 2 rings (SSSR count). The molecule has 1 aliphatic rings. The summed E-state index contributed by atoms with van der Waals surface area (Å²) in [7, 11) is 2.04. The lowest BCUT2D eigenvalue weighted by Gasteiger charge is -2.34. The SMILES string of the molecule is CN1CCCC(NC(=O)c2ccc(N)c(N(C(=O)O)C(C)(C)C)c2)C1. The fourth-order valence-corrected chi connectivity index (χ4v) is 3.18. The van der Waals surface area contributed by atoms with E-state index in [1.165, 1.54) is 4.90 Å². The highest BCUT2D eigenvalue weighted by Gasteiger charge is 2.30. The minimum absolute atomic E-state index is 0.102. The van der Waals surface area contributed by atoms with E-state index in [-0.39, 0.29) is 11.9 Å². The van der Waals surface area contributed by atoms with Crippen LogP contribution in [0.2, 0.25) is 0 Å². The van der Waals surface area contributed by atoms with Crippen molar-refractivity contribution in [2.75, 3.05) is 30.8 Å². The third kappa shape index (κ3) is 4.63. The number of hydrogen-bond donors (Lipinski definition) is 3. The molecule has 138 valence electrons. The number of nitrogens with one attached hydrogen (secondary N) is 1. The number of carboxylic acid groups (broad SMARTS) is 1. The molecule has 7 nitrogen and oxygen atoms in total. The van der Waals surface area contributed by atoms with E-state index in [9.17, 15) is 14.7 Å². The maximum Gasteiger partial charge on any atom is 0.412 e. The van der Waals surface area contributed by atoms with Gasteiger partial charge in [0.15, 0.2) is 0 Å². The van der Waals surface area contributed by atoms with Gasteiger partial charge in [-0.3, -0.25) is 9.69 Å². The van der Waals surface area contributed by atoms with Crippen molar-refractivity contribution in [2.45, 2.75) is 45.2 Å². The molecule has 2 amide bonds. The van der Waals surface area contributed by atoms with Gasteiger partial charge < -0.3 is 21.1 Å². The number of carbonyl (C=O) groups excluding carboxylic acids is 1. The van der Waals surface area contributed by atoms with Crippen LogP contribution < -0.4 is 16.0 Å². The van der Waals surface area contributed by atoms with Crippen LogP contribution in [0.25, 0.3) is 0 Å². The minimum Gasteiger partial charge on any atom is -0.465 e. The minimum atomic E-state index is -1.11. The summed E-state index contributed by atoms with van der Waals surface area (Å²) >= 11 is 0. The lowest BCUT2D eigenvalue weighted by Crippen LogP contribution is -2.47. The molecule has 0 aromatic heterocycles. The molecule has 1 aromatic carbocycles. The van der Waals surface area contributed by atoms with Gasteiger partial charge in [-0.05, 0) is 65.4 Å². The zero-order valence-corrected chi connectivity index (χ0v) is 15.4. The Bertz CT molecular complexity index is 654. The Morgan fingerprint density at radius 2 is 2.04 bits per heavy atom. The van der Waals surface area contributed by atoms with E-state index in [4.69, 9.17) is 5.73 Å².